The second-order valence-corrected chi connectivity index (χ2v) is 6.49. The van der Waals surface area contributed by atoms with E-state index >= 15 is 0 Å². The summed E-state index contributed by atoms with van der Waals surface area (Å²) in [7, 11) is 0. The third-order valence-electron chi connectivity index (χ3n) is 4.18. The summed E-state index contributed by atoms with van der Waals surface area (Å²) in [6, 6.07) is 20.0. The summed E-state index contributed by atoms with van der Waals surface area (Å²) >= 11 is 0. The van der Waals surface area contributed by atoms with Crippen LogP contribution in [0.25, 0.3) is 11.3 Å². The van der Waals surface area contributed by atoms with Crippen molar-refractivity contribution in [3.8, 4) is 22.8 Å². The molecule has 0 saturated carbocycles. The highest BCUT2D eigenvalue weighted by atomic mass is 19.4. The predicted molar refractivity (Wildman–Crippen MR) is 111 cm³/mol. The van der Waals surface area contributed by atoms with Crippen molar-refractivity contribution in [1.29, 1.82) is 0 Å². The largest absolute Gasteiger partial charge is 0.457 e. The summed E-state index contributed by atoms with van der Waals surface area (Å²) in [5.41, 5.74) is 7.12. The van der Waals surface area contributed by atoms with Gasteiger partial charge in [-0.25, -0.2) is 4.98 Å². The fourth-order valence-corrected chi connectivity index (χ4v) is 2.78. The number of pyridine rings is 1. The van der Waals surface area contributed by atoms with Gasteiger partial charge in [-0.2, -0.15) is 18.2 Å². The standard InChI is InChI=1S/C22H16F3N5O/c23-22(24,25)19-12-17(10-11-27-19)31-16-8-6-15(7-9-16)28-21-29-18(13-20(26)30-21)14-4-2-1-3-5-14/h1-13H,(H3,26,28,29,30). The third kappa shape index (κ3) is 5.08. The molecule has 0 atom stereocenters. The van der Waals surface area contributed by atoms with Crippen molar-refractivity contribution < 1.29 is 17.9 Å². The highest BCUT2D eigenvalue weighted by Crippen LogP contribution is 2.31. The monoisotopic (exact) mass is 423 g/mol. The average molecular weight is 423 g/mol. The first-order valence-electron chi connectivity index (χ1n) is 9.15. The number of nitrogens with one attached hydrogen (secondary N) is 1. The van der Waals surface area contributed by atoms with E-state index in [1.807, 2.05) is 30.3 Å². The number of aromatic nitrogens is 3. The Labute approximate surface area is 175 Å². The first-order valence-corrected chi connectivity index (χ1v) is 9.15. The third-order valence-corrected chi connectivity index (χ3v) is 4.18. The van der Waals surface area contributed by atoms with Crippen molar-refractivity contribution in [1.82, 2.24) is 15.0 Å². The van der Waals surface area contributed by atoms with Crippen LogP contribution in [-0.4, -0.2) is 15.0 Å². The zero-order valence-electron chi connectivity index (χ0n) is 16.0. The number of alkyl halides is 3. The topological polar surface area (TPSA) is 86.0 Å². The Balaban J connectivity index is 1.49. The number of rotatable bonds is 5. The van der Waals surface area contributed by atoms with Crippen molar-refractivity contribution in [2.45, 2.75) is 6.18 Å². The van der Waals surface area contributed by atoms with Gasteiger partial charge in [0.25, 0.3) is 0 Å². The molecule has 156 valence electrons. The molecule has 4 aromatic rings. The van der Waals surface area contributed by atoms with E-state index in [-0.39, 0.29) is 5.75 Å². The molecule has 0 saturated heterocycles. The molecule has 0 bridgehead atoms. The Morgan fingerprint density at radius 1 is 0.839 bits per heavy atom. The van der Waals surface area contributed by atoms with Crippen molar-refractivity contribution in [3.63, 3.8) is 0 Å². The summed E-state index contributed by atoms with van der Waals surface area (Å²) < 4.78 is 43.9. The molecule has 0 aliphatic carbocycles. The van der Waals surface area contributed by atoms with Crippen molar-refractivity contribution in [2.24, 2.45) is 0 Å². The van der Waals surface area contributed by atoms with Crippen LogP contribution in [0.1, 0.15) is 5.69 Å². The fraction of sp³-hybridized carbons (Fsp3) is 0.0455. The first-order chi connectivity index (χ1) is 14.9. The Morgan fingerprint density at radius 2 is 1.58 bits per heavy atom. The minimum Gasteiger partial charge on any atom is -0.457 e. The molecule has 0 spiro atoms. The highest BCUT2D eigenvalue weighted by molar-refractivity contribution is 5.65. The van der Waals surface area contributed by atoms with Gasteiger partial charge < -0.3 is 15.8 Å². The molecule has 0 radical (unpaired) electrons. The van der Waals surface area contributed by atoms with Crippen LogP contribution in [0, 0.1) is 0 Å². The molecule has 2 heterocycles. The maximum atomic E-state index is 12.8. The number of nitrogen functional groups attached to an aromatic ring is 1. The van der Waals surface area contributed by atoms with Gasteiger partial charge in [0.05, 0.1) is 5.69 Å². The zero-order chi connectivity index (χ0) is 21.8. The van der Waals surface area contributed by atoms with E-state index in [2.05, 4.69) is 20.3 Å². The number of hydrogen-bond acceptors (Lipinski definition) is 6. The van der Waals surface area contributed by atoms with Crippen molar-refractivity contribution in [2.75, 3.05) is 11.1 Å². The smallest absolute Gasteiger partial charge is 0.433 e. The van der Waals surface area contributed by atoms with E-state index in [9.17, 15) is 13.2 Å². The Hall–Kier alpha value is -4.14. The number of anilines is 3. The summed E-state index contributed by atoms with van der Waals surface area (Å²) in [5.74, 6) is 1.03. The molecule has 2 aromatic carbocycles. The van der Waals surface area contributed by atoms with Gasteiger partial charge >= 0.3 is 6.18 Å². The molecule has 4 rings (SSSR count). The summed E-state index contributed by atoms with van der Waals surface area (Å²) in [6.07, 6.45) is -3.49. The van der Waals surface area contributed by atoms with E-state index in [0.29, 0.717) is 28.9 Å². The summed E-state index contributed by atoms with van der Waals surface area (Å²) in [6.45, 7) is 0. The molecular weight excluding hydrogens is 407 g/mol. The number of nitrogens with two attached hydrogens (primary N) is 1. The summed E-state index contributed by atoms with van der Waals surface area (Å²) in [4.78, 5) is 12.0. The molecule has 0 unspecified atom stereocenters. The average Bonchev–Trinajstić information content (AvgIpc) is 2.75. The number of ether oxygens (including phenoxy) is 1. The van der Waals surface area contributed by atoms with Crippen molar-refractivity contribution in [3.05, 3.63) is 84.7 Å². The number of hydrogen-bond donors (Lipinski definition) is 2. The predicted octanol–water partition coefficient (Wildman–Crippen LogP) is 5.68. The molecule has 9 heteroatoms. The van der Waals surface area contributed by atoms with E-state index < -0.39 is 11.9 Å². The molecule has 6 nitrogen and oxygen atoms in total. The van der Waals surface area contributed by atoms with Crippen LogP contribution >= 0.6 is 0 Å². The lowest BCUT2D eigenvalue weighted by Gasteiger charge is -2.11. The molecular formula is C22H16F3N5O. The lowest BCUT2D eigenvalue weighted by Crippen LogP contribution is -2.07. The molecule has 0 aliphatic heterocycles. The Kier molecular flexibility index (Phi) is 5.40. The lowest BCUT2D eigenvalue weighted by molar-refractivity contribution is -0.141. The Bertz CT molecular complexity index is 1180. The fourth-order valence-electron chi connectivity index (χ4n) is 2.78. The Morgan fingerprint density at radius 3 is 2.29 bits per heavy atom. The normalized spacial score (nSPS) is 11.2. The number of nitrogens with zero attached hydrogens (tertiary/aromatic N) is 3. The van der Waals surface area contributed by atoms with Gasteiger partial charge in [-0.05, 0) is 30.3 Å². The number of halogens is 3. The van der Waals surface area contributed by atoms with Crippen LogP contribution in [0.2, 0.25) is 0 Å². The van der Waals surface area contributed by atoms with Crippen LogP contribution in [0.3, 0.4) is 0 Å². The van der Waals surface area contributed by atoms with Gasteiger partial charge in [-0.1, -0.05) is 30.3 Å². The lowest BCUT2D eigenvalue weighted by atomic mass is 10.1. The van der Waals surface area contributed by atoms with Crippen LogP contribution in [-0.2, 0) is 6.18 Å². The van der Waals surface area contributed by atoms with Gasteiger partial charge in [-0.3, -0.25) is 4.98 Å². The van der Waals surface area contributed by atoms with Crippen molar-refractivity contribution >= 4 is 17.5 Å². The summed E-state index contributed by atoms with van der Waals surface area (Å²) in [5, 5.41) is 3.06. The van der Waals surface area contributed by atoms with E-state index in [0.717, 1.165) is 17.8 Å². The van der Waals surface area contributed by atoms with E-state index in [1.165, 1.54) is 6.07 Å². The minimum absolute atomic E-state index is 0.0368. The quantitative estimate of drug-likeness (QED) is 0.430. The maximum Gasteiger partial charge on any atom is 0.433 e. The van der Waals surface area contributed by atoms with E-state index in [4.69, 9.17) is 10.5 Å². The van der Waals surface area contributed by atoms with Gasteiger partial charge in [0.15, 0.2) is 0 Å². The molecule has 3 N–H and O–H groups in total. The molecule has 0 fully saturated rings. The molecule has 2 aromatic heterocycles. The van der Waals surface area contributed by atoms with Crippen LogP contribution < -0.4 is 15.8 Å². The van der Waals surface area contributed by atoms with Gasteiger partial charge in [0.1, 0.15) is 23.0 Å². The second-order valence-electron chi connectivity index (χ2n) is 6.49. The number of benzene rings is 2. The minimum atomic E-state index is -4.54. The SMILES string of the molecule is Nc1cc(-c2ccccc2)nc(Nc2ccc(Oc3ccnc(C(F)(F)F)c3)cc2)n1. The molecule has 0 aliphatic rings. The van der Waals surface area contributed by atoms with Gasteiger partial charge in [-0.15, -0.1) is 0 Å². The maximum absolute atomic E-state index is 12.8. The zero-order valence-corrected chi connectivity index (χ0v) is 16.0. The van der Waals surface area contributed by atoms with Crippen LogP contribution in [0.4, 0.5) is 30.6 Å². The van der Waals surface area contributed by atoms with Crippen LogP contribution in [0.5, 0.6) is 11.5 Å². The second kappa shape index (κ2) is 8.31. The molecule has 31 heavy (non-hydrogen) atoms. The van der Waals surface area contributed by atoms with Crippen LogP contribution in [0.15, 0.2) is 79.0 Å². The van der Waals surface area contributed by atoms with E-state index in [1.54, 1.807) is 30.3 Å². The van der Waals surface area contributed by atoms with Gasteiger partial charge in [0, 0.05) is 29.6 Å². The first kappa shape index (κ1) is 20.1. The molecule has 0 amide bonds. The van der Waals surface area contributed by atoms with Gasteiger partial charge in [0.2, 0.25) is 5.95 Å². The highest BCUT2D eigenvalue weighted by Gasteiger charge is 2.32.